The van der Waals surface area contributed by atoms with Gasteiger partial charge in [-0.3, -0.25) is 4.79 Å². The Morgan fingerprint density at radius 1 is 1.32 bits per heavy atom. The van der Waals surface area contributed by atoms with Crippen molar-refractivity contribution in [2.45, 2.75) is 29.6 Å². The molecule has 0 spiro atoms. The highest BCUT2D eigenvalue weighted by Crippen LogP contribution is 2.55. The highest BCUT2D eigenvalue weighted by atomic mass is 35.5. The van der Waals surface area contributed by atoms with Gasteiger partial charge in [0.1, 0.15) is 15.8 Å². The number of methoxy groups -OCH3 is 2. The third-order valence-corrected chi connectivity index (χ3v) is 5.30. The molecule has 6 heteroatoms. The van der Waals surface area contributed by atoms with Gasteiger partial charge in [-0.25, -0.2) is 0 Å². The SMILES string of the molecule is COc1ccc([C@@H]2CCCN2C(=O)[C@@H]2CC2(Cl)Cl)c(OC)c1. The molecule has 22 heavy (non-hydrogen) atoms. The minimum atomic E-state index is -0.881. The molecule has 1 heterocycles. The second kappa shape index (κ2) is 5.82. The van der Waals surface area contributed by atoms with Crippen molar-refractivity contribution in [3.63, 3.8) is 0 Å². The molecule has 1 aromatic carbocycles. The average molecular weight is 344 g/mol. The van der Waals surface area contributed by atoms with E-state index in [9.17, 15) is 4.79 Å². The first-order valence-electron chi connectivity index (χ1n) is 7.38. The highest BCUT2D eigenvalue weighted by molar-refractivity contribution is 6.52. The number of amides is 1. The standard InChI is InChI=1S/C16H19Cl2NO3/c1-21-10-5-6-11(14(8-10)22-2)13-4-3-7-19(13)15(20)12-9-16(12,17)18/h5-6,8,12-13H,3-4,7,9H2,1-2H3/t12-,13-/m0/s1. The van der Waals surface area contributed by atoms with Crippen molar-refractivity contribution in [1.82, 2.24) is 4.90 Å². The van der Waals surface area contributed by atoms with E-state index in [1.54, 1.807) is 14.2 Å². The summed E-state index contributed by atoms with van der Waals surface area (Å²) in [5.74, 6) is 1.24. The summed E-state index contributed by atoms with van der Waals surface area (Å²) in [7, 11) is 3.25. The maximum atomic E-state index is 12.6. The number of likely N-dealkylation sites (tertiary alicyclic amines) is 1. The number of halogens is 2. The van der Waals surface area contributed by atoms with Crippen LogP contribution in [0.1, 0.15) is 30.9 Å². The van der Waals surface area contributed by atoms with Gasteiger partial charge in [0.2, 0.25) is 5.91 Å². The first-order valence-corrected chi connectivity index (χ1v) is 8.13. The van der Waals surface area contributed by atoms with Crippen LogP contribution in [0.2, 0.25) is 0 Å². The number of hydrogen-bond acceptors (Lipinski definition) is 3. The lowest BCUT2D eigenvalue weighted by atomic mass is 10.0. The number of carbonyl (C=O) groups is 1. The molecule has 1 amide bonds. The molecule has 1 aliphatic carbocycles. The third-order valence-electron chi connectivity index (χ3n) is 4.46. The van der Waals surface area contributed by atoms with Crippen molar-refractivity contribution in [3.8, 4) is 11.5 Å². The molecule has 3 rings (SSSR count). The molecule has 2 atom stereocenters. The topological polar surface area (TPSA) is 38.8 Å². The zero-order chi connectivity index (χ0) is 15.9. The Morgan fingerprint density at radius 2 is 2.05 bits per heavy atom. The minimum absolute atomic E-state index is 0.0121. The van der Waals surface area contributed by atoms with E-state index in [-0.39, 0.29) is 17.9 Å². The van der Waals surface area contributed by atoms with Crippen LogP contribution < -0.4 is 9.47 Å². The maximum Gasteiger partial charge on any atom is 0.229 e. The van der Waals surface area contributed by atoms with Crippen molar-refractivity contribution in [2.24, 2.45) is 5.92 Å². The lowest BCUT2D eigenvalue weighted by Gasteiger charge is -2.27. The van der Waals surface area contributed by atoms with E-state index in [0.717, 1.165) is 36.4 Å². The van der Waals surface area contributed by atoms with E-state index in [4.69, 9.17) is 32.7 Å². The second-order valence-electron chi connectivity index (χ2n) is 5.82. The van der Waals surface area contributed by atoms with Gasteiger partial charge in [0.15, 0.2) is 0 Å². The number of hydrogen-bond donors (Lipinski definition) is 0. The largest absolute Gasteiger partial charge is 0.497 e. The summed E-state index contributed by atoms with van der Waals surface area (Å²) in [6, 6.07) is 5.72. The van der Waals surface area contributed by atoms with Crippen molar-refractivity contribution < 1.29 is 14.3 Å². The Balaban J connectivity index is 1.86. The number of ether oxygens (including phenoxy) is 2. The number of benzene rings is 1. The molecule has 0 N–H and O–H groups in total. The third kappa shape index (κ3) is 2.74. The summed E-state index contributed by atoms with van der Waals surface area (Å²) in [6.07, 6.45) is 2.42. The number of nitrogens with zero attached hydrogens (tertiary/aromatic N) is 1. The molecule has 120 valence electrons. The normalized spacial score (nSPS) is 25.9. The van der Waals surface area contributed by atoms with Gasteiger partial charge in [-0.1, -0.05) is 0 Å². The Labute approximate surface area is 140 Å². The lowest BCUT2D eigenvalue weighted by molar-refractivity contribution is -0.133. The Kier molecular flexibility index (Phi) is 4.17. The van der Waals surface area contributed by atoms with Crippen molar-refractivity contribution in [3.05, 3.63) is 23.8 Å². The molecule has 1 saturated heterocycles. The van der Waals surface area contributed by atoms with Gasteiger partial charge >= 0.3 is 0 Å². The van der Waals surface area contributed by atoms with Crippen LogP contribution in [-0.2, 0) is 4.79 Å². The fourth-order valence-electron chi connectivity index (χ4n) is 3.13. The molecular weight excluding hydrogens is 325 g/mol. The summed E-state index contributed by atoms with van der Waals surface area (Å²) in [5.41, 5.74) is 1.00. The highest BCUT2D eigenvalue weighted by Gasteiger charge is 2.58. The Bertz CT molecular complexity index is 591. The molecule has 1 saturated carbocycles. The smallest absolute Gasteiger partial charge is 0.229 e. The summed E-state index contributed by atoms with van der Waals surface area (Å²) in [4.78, 5) is 14.5. The van der Waals surface area contributed by atoms with Gasteiger partial charge in [-0.2, -0.15) is 0 Å². The second-order valence-corrected chi connectivity index (χ2v) is 7.36. The van der Waals surface area contributed by atoms with Crippen LogP contribution in [0.4, 0.5) is 0 Å². The van der Waals surface area contributed by atoms with Crippen LogP contribution in [0, 0.1) is 5.92 Å². The average Bonchev–Trinajstić information content (AvgIpc) is 2.94. The molecule has 0 bridgehead atoms. The predicted molar refractivity (Wildman–Crippen MR) is 85.8 cm³/mol. The fourth-order valence-corrected chi connectivity index (χ4v) is 3.62. The van der Waals surface area contributed by atoms with Crippen molar-refractivity contribution in [2.75, 3.05) is 20.8 Å². The summed E-state index contributed by atoms with van der Waals surface area (Å²) >= 11 is 12.1. The van der Waals surface area contributed by atoms with Crippen LogP contribution in [0.3, 0.4) is 0 Å². The lowest BCUT2D eigenvalue weighted by Crippen LogP contribution is -2.33. The van der Waals surface area contributed by atoms with Crippen LogP contribution in [0.25, 0.3) is 0 Å². The Morgan fingerprint density at radius 3 is 2.64 bits per heavy atom. The molecule has 2 aliphatic rings. The molecule has 4 nitrogen and oxygen atoms in total. The van der Waals surface area contributed by atoms with E-state index in [2.05, 4.69) is 0 Å². The molecule has 0 aromatic heterocycles. The van der Waals surface area contributed by atoms with Crippen LogP contribution in [0.5, 0.6) is 11.5 Å². The number of alkyl halides is 2. The van der Waals surface area contributed by atoms with E-state index in [1.807, 2.05) is 23.1 Å². The van der Waals surface area contributed by atoms with Crippen LogP contribution >= 0.6 is 23.2 Å². The zero-order valence-corrected chi connectivity index (χ0v) is 14.2. The van der Waals surface area contributed by atoms with Gasteiger partial charge in [-0.05, 0) is 31.4 Å². The first-order chi connectivity index (χ1) is 10.5. The molecular formula is C16H19Cl2NO3. The zero-order valence-electron chi connectivity index (χ0n) is 12.6. The van der Waals surface area contributed by atoms with Crippen LogP contribution in [0.15, 0.2) is 18.2 Å². The van der Waals surface area contributed by atoms with Crippen LogP contribution in [-0.4, -0.2) is 35.9 Å². The quantitative estimate of drug-likeness (QED) is 0.784. The number of rotatable bonds is 4. The first kappa shape index (κ1) is 15.8. The van der Waals surface area contributed by atoms with E-state index >= 15 is 0 Å². The van der Waals surface area contributed by atoms with Gasteiger partial charge < -0.3 is 14.4 Å². The van der Waals surface area contributed by atoms with E-state index in [1.165, 1.54) is 0 Å². The predicted octanol–water partition coefficient (Wildman–Crippen LogP) is 3.56. The molecule has 0 unspecified atom stereocenters. The van der Waals surface area contributed by atoms with Gasteiger partial charge in [0.05, 0.1) is 26.2 Å². The van der Waals surface area contributed by atoms with Gasteiger partial charge in [-0.15, -0.1) is 23.2 Å². The fraction of sp³-hybridized carbons (Fsp3) is 0.562. The molecule has 1 aliphatic heterocycles. The molecule has 0 radical (unpaired) electrons. The maximum absolute atomic E-state index is 12.6. The Hall–Kier alpha value is -1.13. The summed E-state index contributed by atoms with van der Waals surface area (Å²) < 4.78 is 9.82. The van der Waals surface area contributed by atoms with E-state index < -0.39 is 4.33 Å². The van der Waals surface area contributed by atoms with Crippen molar-refractivity contribution >= 4 is 29.1 Å². The summed E-state index contributed by atoms with van der Waals surface area (Å²) in [6.45, 7) is 0.735. The van der Waals surface area contributed by atoms with Crippen molar-refractivity contribution in [1.29, 1.82) is 0 Å². The minimum Gasteiger partial charge on any atom is -0.497 e. The molecule has 2 fully saturated rings. The molecule has 1 aromatic rings. The summed E-state index contributed by atoms with van der Waals surface area (Å²) in [5, 5.41) is 0. The van der Waals surface area contributed by atoms with Gasteiger partial charge in [0, 0.05) is 18.2 Å². The monoisotopic (exact) mass is 343 g/mol. The van der Waals surface area contributed by atoms with E-state index in [0.29, 0.717) is 6.42 Å². The number of carbonyl (C=O) groups excluding carboxylic acids is 1. The van der Waals surface area contributed by atoms with Gasteiger partial charge in [0.25, 0.3) is 0 Å².